The number of fused-ring (bicyclic) bond motifs is 4. The van der Waals surface area contributed by atoms with E-state index >= 15 is 0 Å². The number of imidazole rings is 1. The predicted octanol–water partition coefficient (Wildman–Crippen LogP) is 11.6. The van der Waals surface area contributed by atoms with Crippen molar-refractivity contribution in [1.29, 1.82) is 0 Å². The Morgan fingerprint density at radius 2 is 1.38 bits per heavy atom. The third-order valence-corrected chi connectivity index (χ3v) is 9.83. The van der Waals surface area contributed by atoms with Crippen molar-refractivity contribution >= 4 is 33.0 Å². The Bertz CT molecular complexity index is 3550. The van der Waals surface area contributed by atoms with Gasteiger partial charge in [-0.3, -0.25) is 14.1 Å². The molecule has 58 heavy (non-hydrogen) atoms. The van der Waals surface area contributed by atoms with E-state index in [9.17, 15) is 0 Å². The molecule has 7 heteroatoms. The second kappa shape index (κ2) is 15.0. The summed E-state index contributed by atoms with van der Waals surface area (Å²) in [6.45, 7) is 6.49. The summed E-state index contributed by atoms with van der Waals surface area (Å²) >= 11 is 0. The number of hydrogen-bond donors (Lipinski definition) is 0. The molecule has 0 spiro atoms. The first-order valence-corrected chi connectivity index (χ1v) is 18.3. The SMILES string of the molecule is [2H]c1c([2H])c([2H])c(-c2cccc(-c3c([2H])c([2H])c([2H])c([2H])c3[2H])c2-[n+]2[c-]n(-c3[c-]c(Oc4[c-]c5c(cc4)c4ccccc4n5-c4cc(C(C)(C)C)ccn4)ccc3)c3ncccc32)c([2H])c1[2H].[Pt]. The Kier molecular flexibility index (Phi) is 7.02. The van der Waals surface area contributed by atoms with E-state index in [2.05, 4.69) is 62.0 Å². The van der Waals surface area contributed by atoms with E-state index < -0.39 is 60.4 Å². The Hall–Kier alpha value is -6.62. The maximum absolute atomic E-state index is 8.97. The normalized spacial score (nSPS) is 14.0. The van der Waals surface area contributed by atoms with E-state index in [1.165, 1.54) is 0 Å². The van der Waals surface area contributed by atoms with Crippen LogP contribution in [0.5, 0.6) is 11.5 Å². The molecule has 4 aromatic heterocycles. The number of pyridine rings is 2. The van der Waals surface area contributed by atoms with Gasteiger partial charge in [-0.25, -0.2) is 4.98 Å². The van der Waals surface area contributed by atoms with Gasteiger partial charge in [0.25, 0.3) is 6.33 Å². The molecule has 0 fully saturated rings. The van der Waals surface area contributed by atoms with Crippen LogP contribution in [0.25, 0.3) is 72.4 Å². The summed E-state index contributed by atoms with van der Waals surface area (Å²) in [4.78, 5) is 9.49. The molecule has 0 N–H and O–H groups in total. The van der Waals surface area contributed by atoms with Crippen molar-refractivity contribution in [2.75, 3.05) is 0 Å². The third kappa shape index (κ3) is 6.59. The smallest absolute Gasteiger partial charge is 0.269 e. The molecule has 0 aliphatic rings. The number of ether oxygens (including phenoxy) is 1. The van der Waals surface area contributed by atoms with Crippen LogP contribution in [0.1, 0.15) is 40.0 Å². The summed E-state index contributed by atoms with van der Waals surface area (Å²) in [5.74, 6) is 1.50. The molecule has 0 unspecified atom stereocenters. The van der Waals surface area contributed by atoms with Crippen LogP contribution >= 0.6 is 0 Å². The molecule has 0 atom stereocenters. The molecule has 0 saturated carbocycles. The number of para-hydroxylation sites is 2. The Balaban J connectivity index is 0.00000578. The molecule has 0 saturated heterocycles. The fraction of sp³-hybridized carbons (Fsp3) is 0.0784. The maximum Gasteiger partial charge on any atom is 0.269 e. The average Bonchev–Trinajstić information content (AvgIpc) is 3.87. The van der Waals surface area contributed by atoms with Crippen LogP contribution in [0.4, 0.5) is 0 Å². The van der Waals surface area contributed by atoms with E-state index in [1.807, 2.05) is 36.5 Å². The summed E-state index contributed by atoms with van der Waals surface area (Å²) in [6, 6.07) is 31.0. The fourth-order valence-electron chi connectivity index (χ4n) is 7.16. The molecule has 0 aliphatic carbocycles. The molecule has 0 aliphatic heterocycles. The molecule has 6 aromatic carbocycles. The van der Waals surface area contributed by atoms with Crippen LogP contribution in [0.15, 0.2) is 170 Å². The van der Waals surface area contributed by atoms with Gasteiger partial charge in [-0.2, -0.15) is 18.2 Å². The topological polar surface area (TPSA) is 48.8 Å². The van der Waals surface area contributed by atoms with E-state index in [4.69, 9.17) is 28.4 Å². The Labute approximate surface area is 366 Å². The zero-order valence-corrected chi connectivity index (χ0v) is 33.6. The van der Waals surface area contributed by atoms with Crippen molar-refractivity contribution in [2.45, 2.75) is 26.2 Å². The van der Waals surface area contributed by atoms with Crippen LogP contribution in [0.3, 0.4) is 0 Å². The monoisotopic (exact) mass is 940 g/mol. The summed E-state index contributed by atoms with van der Waals surface area (Å²) in [5, 5.41) is 2.01. The predicted molar refractivity (Wildman–Crippen MR) is 227 cm³/mol. The van der Waals surface area contributed by atoms with Gasteiger partial charge in [0.05, 0.1) is 19.4 Å². The summed E-state index contributed by atoms with van der Waals surface area (Å²) in [6.07, 6.45) is 6.74. The van der Waals surface area contributed by atoms with Gasteiger partial charge in [-0.05, 0) is 74.6 Å². The Morgan fingerprint density at radius 1 is 0.672 bits per heavy atom. The molecule has 0 amide bonds. The van der Waals surface area contributed by atoms with Crippen LogP contribution in [-0.2, 0) is 26.5 Å². The van der Waals surface area contributed by atoms with Crippen molar-refractivity contribution in [3.05, 3.63) is 194 Å². The number of rotatable bonds is 7. The first kappa shape index (κ1) is 27.1. The molecule has 284 valence electrons. The minimum Gasteiger partial charge on any atom is -0.510 e. The van der Waals surface area contributed by atoms with E-state index in [0.717, 1.165) is 33.2 Å². The number of aromatic nitrogens is 5. The zero-order chi connectivity index (χ0) is 47.2. The zero-order valence-electron chi connectivity index (χ0n) is 41.4. The molecular formula is C51H37N5OPt-2. The first-order chi connectivity index (χ1) is 32.0. The molecule has 0 bridgehead atoms. The molecule has 10 rings (SSSR count). The van der Waals surface area contributed by atoms with Crippen molar-refractivity contribution in [1.82, 2.24) is 19.1 Å². The van der Waals surface area contributed by atoms with Crippen molar-refractivity contribution in [3.8, 4) is 50.9 Å². The molecule has 4 heterocycles. The molecular weight excluding hydrogens is 894 g/mol. The van der Waals surface area contributed by atoms with Crippen LogP contribution in [0.2, 0.25) is 0 Å². The second-order valence-corrected chi connectivity index (χ2v) is 14.4. The number of hydrogen-bond acceptors (Lipinski definition) is 3. The summed E-state index contributed by atoms with van der Waals surface area (Å²) in [7, 11) is 0. The minimum absolute atomic E-state index is 0. The first-order valence-electron chi connectivity index (χ1n) is 23.3. The molecule has 0 radical (unpaired) electrons. The van der Waals surface area contributed by atoms with Crippen LogP contribution in [0, 0.1) is 18.5 Å². The van der Waals surface area contributed by atoms with Gasteiger partial charge >= 0.3 is 0 Å². The fourth-order valence-corrected chi connectivity index (χ4v) is 7.16. The number of nitrogens with zero attached hydrogens (tertiary/aromatic N) is 5. The van der Waals surface area contributed by atoms with E-state index in [0.29, 0.717) is 28.4 Å². The Morgan fingerprint density at radius 3 is 2.12 bits per heavy atom. The number of benzene rings is 6. The van der Waals surface area contributed by atoms with Crippen LogP contribution < -0.4 is 9.30 Å². The van der Waals surface area contributed by atoms with E-state index in [1.54, 1.807) is 63.9 Å². The van der Waals surface area contributed by atoms with Crippen molar-refractivity contribution in [3.63, 3.8) is 0 Å². The second-order valence-electron chi connectivity index (χ2n) is 14.4. The van der Waals surface area contributed by atoms with E-state index in [-0.39, 0.29) is 54.4 Å². The van der Waals surface area contributed by atoms with Gasteiger partial charge in [0, 0.05) is 50.5 Å². The maximum atomic E-state index is 8.97. The third-order valence-electron chi connectivity index (χ3n) is 9.83. The van der Waals surface area contributed by atoms with Gasteiger partial charge < -0.3 is 9.30 Å². The molecule has 6 nitrogen and oxygen atoms in total. The molecule has 10 aromatic rings. The van der Waals surface area contributed by atoms with Gasteiger partial charge in [0.2, 0.25) is 0 Å². The standard InChI is InChI=1S/C51H37N5O.Pt/c1-51(2,3)37-28-30-52-48(31-37)56-45-24-11-10-21-43(45)44-27-26-40(33-47(44)56)57-39-20-12-19-38(32-39)54-34-55(46-25-14-29-53-50(46)54)49-41(35-15-6-4-7-16-35)22-13-23-42(49)36-17-8-5-9-18-36;/h4-31H,1-3H3;/q-2;/i4D,5D,6D,7D,8D,9D,15D,16D,17D,18D;. The van der Waals surface area contributed by atoms with Crippen LogP contribution in [-0.4, -0.2) is 19.1 Å². The largest absolute Gasteiger partial charge is 0.510 e. The van der Waals surface area contributed by atoms with Crippen molar-refractivity contribution in [2.24, 2.45) is 0 Å². The van der Waals surface area contributed by atoms with Gasteiger partial charge in [-0.1, -0.05) is 123 Å². The summed E-state index contributed by atoms with van der Waals surface area (Å²) < 4.78 is 98.3. The van der Waals surface area contributed by atoms with Gasteiger partial charge in [-0.15, -0.1) is 29.7 Å². The summed E-state index contributed by atoms with van der Waals surface area (Å²) in [5.41, 5.74) is 4.04. The van der Waals surface area contributed by atoms with Crippen molar-refractivity contribution < 1.29 is 44.1 Å². The minimum atomic E-state index is -0.581. The van der Waals surface area contributed by atoms with Gasteiger partial charge in [0.1, 0.15) is 11.3 Å². The quantitative estimate of drug-likeness (QED) is 0.118. The average molecular weight is 941 g/mol. The van der Waals surface area contributed by atoms with Gasteiger partial charge in [0.15, 0.2) is 5.65 Å².